The van der Waals surface area contributed by atoms with Gasteiger partial charge in [0.2, 0.25) is 0 Å². The van der Waals surface area contributed by atoms with Crippen LogP contribution in [0.3, 0.4) is 0 Å². The molecule has 0 spiro atoms. The number of nitrogens with zero attached hydrogens (tertiary/aromatic N) is 2. The highest BCUT2D eigenvalue weighted by Crippen LogP contribution is 2.33. The van der Waals surface area contributed by atoms with Crippen LogP contribution in [0.1, 0.15) is 25.3 Å². The summed E-state index contributed by atoms with van der Waals surface area (Å²) >= 11 is 12.8. The zero-order valence-corrected chi connectivity index (χ0v) is 15.7. The second kappa shape index (κ2) is 7.05. The molecule has 1 saturated heterocycles. The maximum Gasteiger partial charge on any atom is 0.164 e. The molecule has 0 aromatic heterocycles. The largest absolute Gasteiger partial charge is 0.282 e. The zero-order valence-electron chi connectivity index (χ0n) is 13.3. The van der Waals surface area contributed by atoms with Gasteiger partial charge in [-0.15, -0.1) is 0 Å². The Bertz CT molecular complexity index is 846. The van der Waals surface area contributed by atoms with Crippen LogP contribution in [0.2, 0.25) is 5.02 Å². The second-order valence-electron chi connectivity index (χ2n) is 5.66. The molecule has 0 amide bonds. The molecule has 1 N–H and O–H groups in total. The number of para-hydroxylation sites is 1. The first-order valence-corrected chi connectivity index (χ1v) is 9.11. The summed E-state index contributed by atoms with van der Waals surface area (Å²) in [6.07, 6.45) is 0. The molecule has 122 valence electrons. The van der Waals surface area contributed by atoms with E-state index >= 15 is 0 Å². The van der Waals surface area contributed by atoms with Gasteiger partial charge in [0.05, 0.1) is 11.4 Å². The maximum absolute atomic E-state index is 8.47. The number of nitrogens with one attached hydrogen (secondary N) is 1. The van der Waals surface area contributed by atoms with Crippen LogP contribution in [0.4, 0.5) is 11.4 Å². The minimum atomic E-state index is 0.283. The monoisotopic (exact) mass is 373 g/mol. The van der Waals surface area contributed by atoms with Gasteiger partial charge in [0.15, 0.2) is 10.2 Å². The molecule has 0 radical (unpaired) electrons. The van der Waals surface area contributed by atoms with E-state index in [-0.39, 0.29) is 5.84 Å². The second-order valence-corrected chi connectivity index (χ2v) is 7.72. The summed E-state index contributed by atoms with van der Waals surface area (Å²) in [6.45, 7) is 4.27. The van der Waals surface area contributed by atoms with Crippen LogP contribution < -0.4 is 4.90 Å². The molecule has 6 heteroatoms. The lowest BCUT2D eigenvalue weighted by molar-refractivity contribution is 0.867. The van der Waals surface area contributed by atoms with Gasteiger partial charge in [0.25, 0.3) is 0 Å². The summed E-state index contributed by atoms with van der Waals surface area (Å²) in [6, 6.07) is 15.3. The van der Waals surface area contributed by atoms with Crippen molar-refractivity contribution in [2.24, 2.45) is 4.99 Å². The first-order chi connectivity index (χ1) is 11.5. The summed E-state index contributed by atoms with van der Waals surface area (Å²) in [5, 5.41) is 9.69. The number of thiocarbonyl (C=S) groups is 1. The van der Waals surface area contributed by atoms with Crippen LogP contribution in [0.25, 0.3) is 0 Å². The van der Waals surface area contributed by atoms with Crippen molar-refractivity contribution in [1.82, 2.24) is 0 Å². The molecular formula is C18H16ClN3S2. The summed E-state index contributed by atoms with van der Waals surface area (Å²) in [5.74, 6) is 0.646. The van der Waals surface area contributed by atoms with Gasteiger partial charge in [-0.05, 0) is 47.5 Å². The Hall–Kier alpha value is -1.69. The molecule has 1 aliphatic rings. The third-order valence-electron chi connectivity index (χ3n) is 3.64. The Morgan fingerprint density at radius 3 is 2.62 bits per heavy atom. The van der Waals surface area contributed by atoms with Crippen molar-refractivity contribution in [2.75, 3.05) is 4.90 Å². The van der Waals surface area contributed by atoms with Crippen molar-refractivity contribution in [1.29, 1.82) is 5.41 Å². The van der Waals surface area contributed by atoms with E-state index in [0.29, 0.717) is 20.3 Å². The molecule has 1 heterocycles. The molecule has 0 atom stereocenters. The first-order valence-electron chi connectivity index (χ1n) is 7.51. The fourth-order valence-corrected chi connectivity index (χ4v) is 3.88. The Labute approximate surface area is 156 Å². The summed E-state index contributed by atoms with van der Waals surface area (Å²) < 4.78 is 0.586. The van der Waals surface area contributed by atoms with Gasteiger partial charge in [-0.3, -0.25) is 10.3 Å². The Balaban J connectivity index is 1.98. The van der Waals surface area contributed by atoms with E-state index in [2.05, 4.69) is 19.9 Å². The van der Waals surface area contributed by atoms with Gasteiger partial charge >= 0.3 is 0 Å². The summed E-state index contributed by atoms with van der Waals surface area (Å²) in [7, 11) is 0. The Morgan fingerprint density at radius 1 is 1.17 bits per heavy atom. The lowest BCUT2D eigenvalue weighted by Gasteiger charge is -2.16. The van der Waals surface area contributed by atoms with Crippen LogP contribution in [0, 0.1) is 5.41 Å². The van der Waals surface area contributed by atoms with Crippen LogP contribution >= 0.6 is 35.6 Å². The molecule has 2 aromatic rings. The standard InChI is InChI=1S/C18H16ClN3S2/c1-11(2)14-8-3-4-9-15(14)21-17-16(20)22(18(23)24-17)13-7-5-6-12(19)10-13/h3-11,20H,1-2H3. The minimum Gasteiger partial charge on any atom is -0.282 e. The van der Waals surface area contributed by atoms with E-state index < -0.39 is 0 Å². The van der Waals surface area contributed by atoms with E-state index in [4.69, 9.17) is 34.2 Å². The quantitative estimate of drug-likeness (QED) is 0.669. The van der Waals surface area contributed by atoms with Crippen LogP contribution in [-0.4, -0.2) is 15.2 Å². The number of amidine groups is 1. The molecule has 1 aliphatic heterocycles. The number of aliphatic imine (C=N–C) groups is 1. The topological polar surface area (TPSA) is 39.5 Å². The van der Waals surface area contributed by atoms with E-state index in [9.17, 15) is 0 Å². The normalized spacial score (nSPS) is 16.5. The highest BCUT2D eigenvalue weighted by atomic mass is 35.5. The SMILES string of the molecule is CC(C)c1ccccc1N=C1SC(=S)N(c2cccc(Cl)c2)C1=N. The van der Waals surface area contributed by atoms with Crippen molar-refractivity contribution in [3.05, 3.63) is 59.1 Å². The predicted molar refractivity (Wildman–Crippen MR) is 109 cm³/mol. The number of halogens is 1. The van der Waals surface area contributed by atoms with Crippen molar-refractivity contribution >= 4 is 62.2 Å². The third-order valence-corrected chi connectivity index (χ3v) is 5.14. The molecule has 2 aromatic carbocycles. The molecule has 0 aliphatic carbocycles. The van der Waals surface area contributed by atoms with E-state index in [1.807, 2.05) is 30.3 Å². The van der Waals surface area contributed by atoms with Gasteiger partial charge in [0.1, 0.15) is 5.04 Å². The average molecular weight is 374 g/mol. The number of hydrogen-bond donors (Lipinski definition) is 1. The van der Waals surface area contributed by atoms with Gasteiger partial charge in [-0.2, -0.15) is 0 Å². The van der Waals surface area contributed by atoms with E-state index in [1.165, 1.54) is 11.8 Å². The molecule has 0 bridgehead atoms. The molecule has 0 saturated carbocycles. The van der Waals surface area contributed by atoms with Gasteiger partial charge < -0.3 is 0 Å². The molecule has 0 unspecified atom stereocenters. The van der Waals surface area contributed by atoms with Crippen LogP contribution in [0.15, 0.2) is 53.5 Å². The van der Waals surface area contributed by atoms with Crippen molar-refractivity contribution < 1.29 is 0 Å². The molecule has 24 heavy (non-hydrogen) atoms. The van der Waals surface area contributed by atoms with Crippen LogP contribution in [-0.2, 0) is 0 Å². The maximum atomic E-state index is 8.47. The number of benzene rings is 2. The Kier molecular flexibility index (Phi) is 5.04. The fourth-order valence-electron chi connectivity index (χ4n) is 2.48. The number of hydrogen-bond acceptors (Lipinski definition) is 4. The highest BCUT2D eigenvalue weighted by Gasteiger charge is 2.32. The summed E-state index contributed by atoms with van der Waals surface area (Å²) in [5.41, 5.74) is 2.83. The van der Waals surface area contributed by atoms with Crippen molar-refractivity contribution in [3.8, 4) is 0 Å². The molecule has 3 rings (SSSR count). The predicted octanol–water partition coefficient (Wildman–Crippen LogP) is 6.01. The Morgan fingerprint density at radius 2 is 1.92 bits per heavy atom. The van der Waals surface area contributed by atoms with Gasteiger partial charge in [-0.25, -0.2) is 4.99 Å². The minimum absolute atomic E-state index is 0.283. The number of anilines is 1. The third kappa shape index (κ3) is 3.38. The van der Waals surface area contributed by atoms with Crippen molar-refractivity contribution in [2.45, 2.75) is 19.8 Å². The lowest BCUT2D eigenvalue weighted by atomic mass is 10.0. The van der Waals surface area contributed by atoms with Gasteiger partial charge in [-0.1, -0.05) is 61.9 Å². The summed E-state index contributed by atoms with van der Waals surface area (Å²) in [4.78, 5) is 6.40. The zero-order chi connectivity index (χ0) is 17.3. The lowest BCUT2D eigenvalue weighted by Crippen LogP contribution is -2.28. The van der Waals surface area contributed by atoms with Gasteiger partial charge in [0, 0.05) is 5.02 Å². The van der Waals surface area contributed by atoms with Crippen LogP contribution in [0.5, 0.6) is 0 Å². The van der Waals surface area contributed by atoms with E-state index in [0.717, 1.165) is 16.9 Å². The molecular weight excluding hydrogens is 358 g/mol. The average Bonchev–Trinajstić information content (AvgIpc) is 2.81. The first kappa shape index (κ1) is 17.1. The fraction of sp³-hybridized carbons (Fsp3) is 0.167. The smallest absolute Gasteiger partial charge is 0.164 e. The number of rotatable bonds is 3. The highest BCUT2D eigenvalue weighted by molar-refractivity contribution is 8.35. The molecule has 3 nitrogen and oxygen atoms in total. The number of thioether (sulfide) groups is 1. The molecule has 1 fully saturated rings. The van der Waals surface area contributed by atoms with Crippen molar-refractivity contribution in [3.63, 3.8) is 0 Å². The van der Waals surface area contributed by atoms with E-state index in [1.54, 1.807) is 17.0 Å².